The van der Waals surface area contributed by atoms with Crippen LogP contribution >= 0.6 is 0 Å². The van der Waals surface area contributed by atoms with Crippen LogP contribution in [0.25, 0.3) is 5.70 Å². The molecule has 0 spiro atoms. The van der Waals surface area contributed by atoms with E-state index >= 15 is 0 Å². The number of rotatable bonds is 8. The molecule has 0 radical (unpaired) electrons. The molecule has 0 aromatic heterocycles. The van der Waals surface area contributed by atoms with Crippen LogP contribution in [0.5, 0.6) is 0 Å². The van der Waals surface area contributed by atoms with Gasteiger partial charge in [-0.2, -0.15) is 0 Å². The summed E-state index contributed by atoms with van der Waals surface area (Å²) in [5, 5.41) is 3.41. The highest BCUT2D eigenvalue weighted by Gasteiger charge is 2.01. The summed E-state index contributed by atoms with van der Waals surface area (Å²) < 4.78 is 0. The first-order chi connectivity index (χ1) is 9.17. The quantitative estimate of drug-likeness (QED) is 0.755. The lowest BCUT2D eigenvalue weighted by Gasteiger charge is -2.18. The number of hydrogen-bond acceptors (Lipinski definition) is 3. The summed E-state index contributed by atoms with van der Waals surface area (Å²) in [7, 11) is 2.16. The highest BCUT2D eigenvalue weighted by atomic mass is 15.1. The van der Waals surface area contributed by atoms with E-state index in [1.165, 1.54) is 18.4 Å². The molecule has 106 valence electrons. The lowest BCUT2D eigenvalue weighted by Crippen LogP contribution is -2.29. The van der Waals surface area contributed by atoms with E-state index < -0.39 is 0 Å². The number of benzene rings is 1. The summed E-state index contributed by atoms with van der Waals surface area (Å²) in [5.74, 6) is 0. The molecule has 3 N–H and O–H groups in total. The maximum atomic E-state index is 5.70. The molecule has 0 heterocycles. The fourth-order valence-corrected chi connectivity index (χ4v) is 1.91. The Morgan fingerprint density at radius 2 is 1.95 bits per heavy atom. The Hall–Kier alpha value is -1.48. The van der Waals surface area contributed by atoms with Crippen LogP contribution in [0.3, 0.4) is 0 Å². The van der Waals surface area contributed by atoms with Crippen LogP contribution in [-0.2, 0) is 0 Å². The molecular formula is C16H27N3. The minimum absolute atomic E-state index is 0.914. The average Bonchev–Trinajstić information content (AvgIpc) is 2.42. The van der Waals surface area contributed by atoms with Gasteiger partial charge in [0.15, 0.2) is 0 Å². The number of nitrogens with one attached hydrogen (secondary N) is 1. The fraction of sp³-hybridized carbons (Fsp3) is 0.500. The number of likely N-dealkylation sites (N-methyl/N-ethyl adjacent to an activating group) is 1. The minimum atomic E-state index is 0.914. The molecule has 0 fully saturated rings. The first kappa shape index (κ1) is 15.6. The molecule has 0 aliphatic rings. The number of aryl methyl sites for hydroxylation is 1. The van der Waals surface area contributed by atoms with Gasteiger partial charge >= 0.3 is 0 Å². The van der Waals surface area contributed by atoms with Crippen LogP contribution < -0.4 is 11.1 Å². The third-order valence-electron chi connectivity index (χ3n) is 3.23. The summed E-state index contributed by atoms with van der Waals surface area (Å²) in [6, 6.07) is 8.41. The maximum absolute atomic E-state index is 5.70. The molecule has 0 atom stereocenters. The minimum Gasteiger partial charge on any atom is -0.403 e. The Labute approximate surface area is 117 Å². The summed E-state index contributed by atoms with van der Waals surface area (Å²) in [6.07, 6.45) is 4.15. The van der Waals surface area contributed by atoms with E-state index in [4.69, 9.17) is 5.73 Å². The zero-order chi connectivity index (χ0) is 14.1. The van der Waals surface area contributed by atoms with Crippen LogP contribution in [0.1, 0.15) is 30.9 Å². The summed E-state index contributed by atoms with van der Waals surface area (Å²) in [6.45, 7) is 7.41. The molecule has 1 aromatic rings. The zero-order valence-corrected chi connectivity index (χ0v) is 12.4. The van der Waals surface area contributed by atoms with E-state index in [0.29, 0.717) is 0 Å². The average molecular weight is 261 g/mol. The molecule has 0 aliphatic carbocycles. The second kappa shape index (κ2) is 8.59. The smallest absolute Gasteiger partial charge is 0.0571 e. The summed E-state index contributed by atoms with van der Waals surface area (Å²) in [4.78, 5) is 2.35. The van der Waals surface area contributed by atoms with Crippen molar-refractivity contribution in [2.45, 2.75) is 26.7 Å². The van der Waals surface area contributed by atoms with E-state index in [1.54, 1.807) is 6.20 Å². The molecule has 0 unspecified atom stereocenters. The molecule has 0 saturated carbocycles. The van der Waals surface area contributed by atoms with Crippen molar-refractivity contribution in [2.75, 3.05) is 26.7 Å². The predicted molar refractivity (Wildman–Crippen MR) is 83.8 cm³/mol. The van der Waals surface area contributed by atoms with Crippen molar-refractivity contribution >= 4 is 5.70 Å². The van der Waals surface area contributed by atoms with Crippen molar-refractivity contribution in [1.29, 1.82) is 0 Å². The first-order valence-electron chi connectivity index (χ1n) is 7.08. The number of hydrogen-bond donors (Lipinski definition) is 2. The van der Waals surface area contributed by atoms with Crippen molar-refractivity contribution in [2.24, 2.45) is 5.73 Å². The van der Waals surface area contributed by atoms with Crippen molar-refractivity contribution in [3.8, 4) is 0 Å². The van der Waals surface area contributed by atoms with Gasteiger partial charge in [-0.3, -0.25) is 0 Å². The Bertz CT molecular complexity index is 381. The van der Waals surface area contributed by atoms with Gasteiger partial charge in [-0.05, 0) is 32.5 Å². The first-order valence-corrected chi connectivity index (χ1v) is 7.08. The van der Waals surface area contributed by atoms with Gasteiger partial charge < -0.3 is 16.0 Å². The molecule has 0 bridgehead atoms. The van der Waals surface area contributed by atoms with Crippen LogP contribution in [0.4, 0.5) is 0 Å². The lowest BCUT2D eigenvalue weighted by atomic mass is 10.1. The molecule has 19 heavy (non-hydrogen) atoms. The second-order valence-electron chi connectivity index (χ2n) is 5.03. The van der Waals surface area contributed by atoms with Crippen molar-refractivity contribution in [3.63, 3.8) is 0 Å². The highest BCUT2D eigenvalue weighted by molar-refractivity contribution is 5.63. The van der Waals surface area contributed by atoms with Crippen molar-refractivity contribution in [1.82, 2.24) is 10.2 Å². The van der Waals surface area contributed by atoms with Crippen LogP contribution in [0.15, 0.2) is 30.5 Å². The summed E-state index contributed by atoms with van der Waals surface area (Å²) >= 11 is 0. The van der Waals surface area contributed by atoms with Gasteiger partial charge in [-0.1, -0.05) is 43.2 Å². The topological polar surface area (TPSA) is 41.3 Å². The monoisotopic (exact) mass is 261 g/mol. The van der Waals surface area contributed by atoms with Gasteiger partial charge in [-0.15, -0.1) is 0 Å². The molecule has 0 aliphatic heterocycles. The fourth-order valence-electron chi connectivity index (χ4n) is 1.91. The molecule has 1 aromatic carbocycles. The molecule has 0 amide bonds. The van der Waals surface area contributed by atoms with E-state index in [2.05, 4.69) is 55.4 Å². The lowest BCUT2D eigenvalue weighted by molar-refractivity contribution is 0.332. The SMILES string of the molecule is CCCCN(C)CCN/C(=C\N)c1ccc(C)cc1. The van der Waals surface area contributed by atoms with E-state index in [0.717, 1.165) is 30.9 Å². The van der Waals surface area contributed by atoms with Crippen LogP contribution in [-0.4, -0.2) is 31.6 Å². The van der Waals surface area contributed by atoms with E-state index in [9.17, 15) is 0 Å². The van der Waals surface area contributed by atoms with Gasteiger partial charge in [0.25, 0.3) is 0 Å². The molecular weight excluding hydrogens is 234 g/mol. The molecule has 1 rings (SSSR count). The molecule has 3 heteroatoms. The van der Waals surface area contributed by atoms with Gasteiger partial charge in [0.2, 0.25) is 0 Å². The van der Waals surface area contributed by atoms with Crippen molar-refractivity contribution < 1.29 is 0 Å². The number of unbranched alkanes of at least 4 members (excludes halogenated alkanes) is 1. The Morgan fingerprint density at radius 1 is 1.26 bits per heavy atom. The van der Waals surface area contributed by atoms with Gasteiger partial charge in [-0.25, -0.2) is 0 Å². The van der Waals surface area contributed by atoms with E-state index in [1.807, 2.05) is 0 Å². The van der Waals surface area contributed by atoms with E-state index in [-0.39, 0.29) is 0 Å². The second-order valence-corrected chi connectivity index (χ2v) is 5.03. The zero-order valence-electron chi connectivity index (χ0n) is 12.4. The standard InChI is InChI=1S/C16H27N3/c1-4-5-11-19(3)12-10-18-16(13-17)15-8-6-14(2)7-9-15/h6-9,13,18H,4-5,10-12,17H2,1-3H3/b16-13-. The van der Waals surface area contributed by atoms with Crippen LogP contribution in [0, 0.1) is 6.92 Å². The Morgan fingerprint density at radius 3 is 2.53 bits per heavy atom. The highest BCUT2D eigenvalue weighted by Crippen LogP contribution is 2.11. The third kappa shape index (κ3) is 5.79. The normalized spacial score (nSPS) is 11.9. The Kier molecular flexibility index (Phi) is 7.04. The van der Waals surface area contributed by atoms with Crippen LogP contribution in [0.2, 0.25) is 0 Å². The Balaban J connectivity index is 2.40. The number of nitrogens with two attached hydrogens (primary N) is 1. The maximum Gasteiger partial charge on any atom is 0.0571 e. The largest absolute Gasteiger partial charge is 0.403 e. The molecule has 0 saturated heterocycles. The molecule has 3 nitrogen and oxygen atoms in total. The van der Waals surface area contributed by atoms with Gasteiger partial charge in [0, 0.05) is 19.3 Å². The van der Waals surface area contributed by atoms with Crippen molar-refractivity contribution in [3.05, 3.63) is 41.6 Å². The van der Waals surface area contributed by atoms with Gasteiger partial charge in [0.05, 0.1) is 5.70 Å². The predicted octanol–water partition coefficient (Wildman–Crippen LogP) is 2.57. The van der Waals surface area contributed by atoms with Gasteiger partial charge in [0.1, 0.15) is 0 Å². The number of nitrogens with zero attached hydrogens (tertiary/aromatic N) is 1. The third-order valence-corrected chi connectivity index (χ3v) is 3.23. The summed E-state index contributed by atoms with van der Waals surface area (Å²) in [5.41, 5.74) is 9.11.